The maximum absolute atomic E-state index is 8.80. The van der Waals surface area contributed by atoms with Gasteiger partial charge in [-0.2, -0.15) is 0 Å². The Bertz CT molecular complexity index is 363. The van der Waals surface area contributed by atoms with Gasteiger partial charge < -0.3 is 10.4 Å². The van der Waals surface area contributed by atoms with Gasteiger partial charge in [-0.25, -0.2) is 0 Å². The summed E-state index contributed by atoms with van der Waals surface area (Å²) < 4.78 is 1.10. The van der Waals surface area contributed by atoms with Crippen molar-refractivity contribution < 1.29 is 5.11 Å². The third-order valence-electron chi connectivity index (χ3n) is 2.17. The molecule has 0 spiro atoms. The Morgan fingerprint density at radius 1 is 1.35 bits per heavy atom. The topological polar surface area (TPSA) is 32.3 Å². The number of hydrogen-bond acceptors (Lipinski definition) is 3. The number of thioether (sulfide) groups is 1. The van der Waals surface area contributed by atoms with E-state index in [0.717, 1.165) is 16.8 Å². The Kier molecular flexibility index (Phi) is 6.00. The van der Waals surface area contributed by atoms with Crippen molar-refractivity contribution in [3.63, 3.8) is 0 Å². The Morgan fingerprint density at radius 2 is 2.06 bits per heavy atom. The zero-order valence-electron chi connectivity index (χ0n) is 10.6. The average Bonchev–Trinajstić information content (AvgIpc) is 2.24. The van der Waals surface area contributed by atoms with Crippen molar-refractivity contribution in [2.45, 2.75) is 37.8 Å². The first kappa shape index (κ1) is 15.0. The van der Waals surface area contributed by atoms with Crippen molar-refractivity contribution in [1.29, 1.82) is 0 Å². The van der Waals surface area contributed by atoms with Crippen molar-refractivity contribution in [3.8, 4) is 0 Å². The summed E-state index contributed by atoms with van der Waals surface area (Å²) >= 11 is 5.23. The fourth-order valence-corrected chi connectivity index (χ4v) is 2.74. The van der Waals surface area contributed by atoms with Crippen LogP contribution in [-0.4, -0.2) is 23.0 Å². The first-order valence-electron chi connectivity index (χ1n) is 5.69. The minimum atomic E-state index is 0.136. The summed E-state index contributed by atoms with van der Waals surface area (Å²) in [6.45, 7) is 7.56. The second-order valence-corrected chi connectivity index (χ2v) is 6.93. The molecule has 0 saturated carbocycles. The molecule has 1 rings (SSSR count). The van der Waals surface area contributed by atoms with Crippen LogP contribution >= 0.6 is 27.7 Å². The molecule has 0 unspecified atom stereocenters. The van der Waals surface area contributed by atoms with E-state index in [-0.39, 0.29) is 12.1 Å². The number of halogens is 1. The van der Waals surface area contributed by atoms with E-state index in [2.05, 4.69) is 60.2 Å². The molecular formula is C13H20BrNOS. The monoisotopic (exact) mass is 317 g/mol. The van der Waals surface area contributed by atoms with Gasteiger partial charge in [0.1, 0.15) is 0 Å². The third kappa shape index (κ3) is 5.91. The van der Waals surface area contributed by atoms with E-state index in [1.165, 1.54) is 10.5 Å². The normalized spacial score (nSPS) is 11.8. The molecule has 0 aliphatic heterocycles. The molecule has 0 aliphatic rings. The second kappa shape index (κ2) is 6.78. The van der Waals surface area contributed by atoms with Crippen LogP contribution in [0.1, 0.15) is 26.3 Å². The number of hydrogen-bond donors (Lipinski definition) is 2. The lowest BCUT2D eigenvalue weighted by Crippen LogP contribution is -2.35. The molecule has 1 aromatic carbocycles. The number of nitrogens with one attached hydrogen (secondary N) is 1. The summed E-state index contributed by atoms with van der Waals surface area (Å²) in [6.07, 6.45) is 0. The molecule has 0 aromatic heterocycles. The first-order chi connectivity index (χ1) is 7.92. The smallest absolute Gasteiger partial charge is 0.0525 e. The quantitative estimate of drug-likeness (QED) is 0.816. The van der Waals surface area contributed by atoms with E-state index in [0.29, 0.717) is 0 Å². The summed E-state index contributed by atoms with van der Waals surface area (Å²) in [4.78, 5) is 1.18. The van der Waals surface area contributed by atoms with Crippen LogP contribution in [0.2, 0.25) is 0 Å². The third-order valence-corrected chi connectivity index (χ3v) is 4.14. The Morgan fingerprint density at radius 3 is 2.59 bits per heavy atom. The molecule has 0 aliphatic carbocycles. The van der Waals surface area contributed by atoms with Crippen molar-refractivity contribution >= 4 is 27.7 Å². The number of benzene rings is 1. The lowest BCUT2D eigenvalue weighted by molar-refractivity contribution is 0.322. The minimum absolute atomic E-state index is 0.136. The molecule has 2 N–H and O–H groups in total. The van der Waals surface area contributed by atoms with Gasteiger partial charge >= 0.3 is 0 Å². The molecule has 0 heterocycles. The van der Waals surface area contributed by atoms with Gasteiger partial charge in [-0.05, 0) is 54.4 Å². The van der Waals surface area contributed by atoms with Gasteiger partial charge in [0.25, 0.3) is 0 Å². The van der Waals surface area contributed by atoms with E-state index in [4.69, 9.17) is 5.11 Å². The number of rotatable bonds is 5. The molecule has 17 heavy (non-hydrogen) atoms. The Labute approximate surface area is 116 Å². The highest BCUT2D eigenvalue weighted by Crippen LogP contribution is 2.28. The van der Waals surface area contributed by atoms with E-state index in [1.54, 1.807) is 11.8 Å². The largest absolute Gasteiger partial charge is 0.396 e. The van der Waals surface area contributed by atoms with Crippen LogP contribution in [0.15, 0.2) is 27.6 Å². The minimum Gasteiger partial charge on any atom is -0.396 e. The summed E-state index contributed by atoms with van der Waals surface area (Å²) in [6, 6.07) is 6.37. The summed E-state index contributed by atoms with van der Waals surface area (Å²) in [5, 5.41) is 12.3. The zero-order valence-corrected chi connectivity index (χ0v) is 13.0. The molecular weight excluding hydrogens is 298 g/mol. The average molecular weight is 318 g/mol. The predicted molar refractivity (Wildman–Crippen MR) is 78.5 cm³/mol. The summed E-state index contributed by atoms with van der Waals surface area (Å²) in [5.41, 5.74) is 1.40. The highest BCUT2D eigenvalue weighted by atomic mass is 79.9. The van der Waals surface area contributed by atoms with Crippen molar-refractivity contribution in [3.05, 3.63) is 28.2 Å². The maximum Gasteiger partial charge on any atom is 0.0525 e. The molecule has 4 heteroatoms. The van der Waals surface area contributed by atoms with Gasteiger partial charge in [-0.3, -0.25) is 0 Å². The maximum atomic E-state index is 8.80. The molecule has 0 radical (unpaired) electrons. The van der Waals surface area contributed by atoms with Crippen LogP contribution in [0.4, 0.5) is 0 Å². The van der Waals surface area contributed by atoms with E-state index in [1.807, 2.05) is 0 Å². The predicted octanol–water partition coefficient (Wildman–Crippen LogP) is 3.42. The molecule has 0 bridgehead atoms. The van der Waals surface area contributed by atoms with E-state index in [9.17, 15) is 0 Å². The van der Waals surface area contributed by atoms with Crippen LogP contribution in [0.3, 0.4) is 0 Å². The molecule has 0 fully saturated rings. The van der Waals surface area contributed by atoms with E-state index < -0.39 is 0 Å². The number of aliphatic hydroxyl groups is 1. The summed E-state index contributed by atoms with van der Waals surface area (Å²) in [5.74, 6) is 0.734. The Hall–Kier alpha value is -0.0300. The van der Waals surface area contributed by atoms with Crippen molar-refractivity contribution in [2.24, 2.45) is 0 Å². The van der Waals surface area contributed by atoms with Crippen molar-refractivity contribution in [2.75, 3.05) is 12.4 Å². The fourth-order valence-electron chi connectivity index (χ4n) is 1.29. The zero-order chi connectivity index (χ0) is 12.9. The standard InChI is InChI=1S/C13H20BrNOS/c1-13(2,3)15-9-10-4-5-12(11(14)8-10)17-7-6-16/h4-5,8,15-16H,6-7,9H2,1-3H3. The van der Waals surface area contributed by atoms with Crippen LogP contribution in [-0.2, 0) is 6.54 Å². The molecule has 2 nitrogen and oxygen atoms in total. The van der Waals surface area contributed by atoms with Gasteiger partial charge in [-0.1, -0.05) is 6.07 Å². The van der Waals surface area contributed by atoms with Gasteiger partial charge in [0.05, 0.1) is 6.61 Å². The molecule has 1 aromatic rings. The van der Waals surface area contributed by atoms with Crippen molar-refractivity contribution in [1.82, 2.24) is 5.32 Å². The second-order valence-electron chi connectivity index (χ2n) is 4.94. The van der Waals surface area contributed by atoms with Crippen LogP contribution in [0, 0.1) is 0 Å². The SMILES string of the molecule is CC(C)(C)NCc1ccc(SCCO)c(Br)c1. The lowest BCUT2D eigenvalue weighted by atomic mass is 10.1. The molecule has 0 atom stereocenters. The number of aliphatic hydroxyl groups excluding tert-OH is 1. The van der Waals surface area contributed by atoms with Gasteiger partial charge in [-0.15, -0.1) is 11.8 Å². The van der Waals surface area contributed by atoms with E-state index >= 15 is 0 Å². The lowest BCUT2D eigenvalue weighted by Gasteiger charge is -2.20. The fraction of sp³-hybridized carbons (Fsp3) is 0.538. The van der Waals surface area contributed by atoms with Crippen LogP contribution < -0.4 is 5.32 Å². The molecule has 0 amide bonds. The van der Waals surface area contributed by atoms with Gasteiger partial charge in [0.2, 0.25) is 0 Å². The first-order valence-corrected chi connectivity index (χ1v) is 7.47. The summed E-state index contributed by atoms with van der Waals surface area (Å²) in [7, 11) is 0. The van der Waals surface area contributed by atoms with Gasteiger partial charge in [0, 0.05) is 27.2 Å². The van der Waals surface area contributed by atoms with Crippen LogP contribution in [0.25, 0.3) is 0 Å². The highest BCUT2D eigenvalue weighted by Gasteiger charge is 2.09. The molecule has 0 saturated heterocycles. The van der Waals surface area contributed by atoms with Crippen LogP contribution in [0.5, 0.6) is 0 Å². The Balaban J connectivity index is 2.62. The highest BCUT2D eigenvalue weighted by molar-refractivity contribution is 9.10. The van der Waals surface area contributed by atoms with Gasteiger partial charge in [0.15, 0.2) is 0 Å². The molecule has 96 valence electrons.